The van der Waals surface area contributed by atoms with Crippen molar-refractivity contribution in [3.63, 3.8) is 0 Å². The van der Waals surface area contributed by atoms with E-state index >= 15 is 0 Å². The van der Waals surface area contributed by atoms with Gasteiger partial charge in [-0.05, 0) is 0 Å². The summed E-state index contributed by atoms with van der Waals surface area (Å²) >= 11 is 0.228. The van der Waals surface area contributed by atoms with E-state index in [9.17, 15) is 0 Å². The molecule has 1 heterocycles. The molecule has 0 bridgehead atoms. The first kappa shape index (κ1) is 9.54. The summed E-state index contributed by atoms with van der Waals surface area (Å²) in [5.74, 6) is 0. The maximum Gasteiger partial charge on any atom is 0.466 e. The van der Waals surface area contributed by atoms with Crippen LogP contribution in [0.25, 0.3) is 0 Å². The summed E-state index contributed by atoms with van der Waals surface area (Å²) in [5, 5.41) is 0. The molecule has 0 aliphatic carbocycles. The minimum Gasteiger partial charge on any atom is -0.303 e. The van der Waals surface area contributed by atoms with Crippen molar-refractivity contribution in [1.29, 1.82) is 0 Å². The summed E-state index contributed by atoms with van der Waals surface area (Å²) in [6.45, 7) is 0. The molecule has 0 aromatic heterocycles. The zero-order valence-electron chi connectivity index (χ0n) is 4.38. The molecular weight excluding hydrogens is 253 g/mol. The first-order valence-electron chi connectivity index (χ1n) is 1.97. The number of phosphoric acid groups is 1. The van der Waals surface area contributed by atoms with E-state index in [2.05, 4.69) is 14.0 Å². The standard InChI is InChI=1S/C3H3.H3O4P.Sb/c1-3-2;1-5(2,3)4;/h1-3H;(H3,1,2,3,4);. The van der Waals surface area contributed by atoms with Crippen molar-refractivity contribution >= 4 is 32.9 Å². The van der Waals surface area contributed by atoms with Gasteiger partial charge in [-0.3, -0.25) is 0 Å². The molecule has 1 aliphatic rings. The molecule has 3 N–H and O–H groups in total. The molecule has 0 saturated carbocycles. The van der Waals surface area contributed by atoms with Crippen LogP contribution in [0.4, 0.5) is 0 Å². The van der Waals surface area contributed by atoms with Crippen LogP contribution in [0.2, 0.25) is 0 Å². The maximum absolute atomic E-state index is 8.88. The van der Waals surface area contributed by atoms with Crippen LogP contribution < -0.4 is 0 Å². The molecule has 0 saturated heterocycles. The van der Waals surface area contributed by atoms with Crippen molar-refractivity contribution in [3.8, 4) is 0 Å². The molecule has 1 aliphatic heterocycles. The minimum atomic E-state index is -4.64. The van der Waals surface area contributed by atoms with Gasteiger partial charge in [0.1, 0.15) is 0 Å². The topological polar surface area (TPSA) is 77.8 Å². The van der Waals surface area contributed by atoms with Crippen molar-refractivity contribution in [3.05, 3.63) is 10.1 Å². The van der Waals surface area contributed by atoms with Crippen LogP contribution in [-0.2, 0) is 4.57 Å². The van der Waals surface area contributed by atoms with Gasteiger partial charge in [-0.1, -0.05) is 0 Å². The Bertz CT molecular complexity index is 142. The molecule has 0 radical (unpaired) electrons. The quantitative estimate of drug-likeness (QED) is 0.388. The summed E-state index contributed by atoms with van der Waals surface area (Å²) in [7, 11) is -4.64. The van der Waals surface area contributed by atoms with Gasteiger partial charge >= 0.3 is 43.0 Å². The maximum atomic E-state index is 8.88. The van der Waals surface area contributed by atoms with Gasteiger partial charge in [-0.25, -0.2) is 4.57 Å². The van der Waals surface area contributed by atoms with E-state index < -0.39 is 7.82 Å². The molecule has 6 heteroatoms. The molecule has 9 heavy (non-hydrogen) atoms. The van der Waals surface area contributed by atoms with Gasteiger partial charge < -0.3 is 14.7 Å². The monoisotopic (exact) mass is 258 g/mol. The molecule has 4 nitrogen and oxygen atoms in total. The smallest absolute Gasteiger partial charge is 0.303 e. The van der Waals surface area contributed by atoms with Crippen LogP contribution in [0.1, 0.15) is 0 Å². The normalized spacial score (nSPS) is 13.7. The van der Waals surface area contributed by atoms with Gasteiger partial charge in [0.15, 0.2) is 0 Å². The number of hydrogen-bond acceptors (Lipinski definition) is 1. The summed E-state index contributed by atoms with van der Waals surface area (Å²) in [5.41, 5.74) is 0. The van der Waals surface area contributed by atoms with E-state index in [1.165, 1.54) is 0 Å². The summed E-state index contributed by atoms with van der Waals surface area (Å²) < 4.78 is 13.4. The van der Waals surface area contributed by atoms with Crippen molar-refractivity contribution in [1.82, 2.24) is 0 Å². The Kier molecular flexibility index (Phi) is 4.63. The molecule has 0 spiro atoms. The number of rotatable bonds is 0. The molecule has 0 aromatic carbocycles. The van der Waals surface area contributed by atoms with Gasteiger partial charge in [0.25, 0.3) is 0 Å². The van der Waals surface area contributed by atoms with Crippen LogP contribution in [0.3, 0.4) is 0 Å². The third-order valence-corrected chi connectivity index (χ3v) is 2.31. The Hall–Kier alpha value is 0.538. The Morgan fingerprint density at radius 2 is 1.44 bits per heavy atom. The van der Waals surface area contributed by atoms with Gasteiger partial charge in [0.2, 0.25) is 0 Å². The predicted octanol–water partition coefficient (Wildman–Crippen LogP) is -0.909. The van der Waals surface area contributed by atoms with Gasteiger partial charge in [0, 0.05) is 0 Å². The molecule has 0 fully saturated rings. The van der Waals surface area contributed by atoms with Crippen LogP contribution in [0.15, 0.2) is 10.1 Å². The first-order valence-corrected chi connectivity index (χ1v) is 6.48. The van der Waals surface area contributed by atoms with E-state index in [0.717, 1.165) is 0 Å². The van der Waals surface area contributed by atoms with Crippen LogP contribution in [-0.4, -0.2) is 39.8 Å². The van der Waals surface area contributed by atoms with Crippen molar-refractivity contribution in [2.45, 2.75) is 0 Å². The fraction of sp³-hybridized carbons (Fsp3) is 0. The molecule has 0 unspecified atom stereocenters. The Balaban J connectivity index is 0.000000144. The van der Waals surface area contributed by atoms with Crippen molar-refractivity contribution in [2.24, 2.45) is 0 Å². The average Bonchev–Trinajstić information content (AvgIpc) is 1.12. The van der Waals surface area contributed by atoms with Gasteiger partial charge in [-0.2, -0.15) is 0 Å². The van der Waals surface area contributed by atoms with Crippen molar-refractivity contribution in [2.75, 3.05) is 0 Å². The van der Waals surface area contributed by atoms with Crippen LogP contribution in [0.5, 0.6) is 0 Å². The first-order chi connectivity index (χ1) is 4.00. The Morgan fingerprint density at radius 3 is 1.44 bits per heavy atom. The van der Waals surface area contributed by atoms with E-state index in [4.69, 9.17) is 19.2 Å². The molecule has 0 amide bonds. The van der Waals surface area contributed by atoms with Crippen LogP contribution >= 0.6 is 7.82 Å². The van der Waals surface area contributed by atoms with Gasteiger partial charge in [-0.15, -0.1) is 0 Å². The molecule has 52 valence electrons. The summed E-state index contributed by atoms with van der Waals surface area (Å²) in [6.07, 6.45) is 2.12. The number of hydrogen-bond donors (Lipinski definition) is 3. The Labute approximate surface area is 62.5 Å². The van der Waals surface area contributed by atoms with E-state index in [1.54, 1.807) is 0 Å². The fourth-order valence-corrected chi connectivity index (χ4v) is 0.577. The largest absolute Gasteiger partial charge is 0.466 e. The van der Waals surface area contributed by atoms with E-state index in [0.29, 0.717) is 0 Å². The zero-order valence-corrected chi connectivity index (χ0v) is 7.82. The third-order valence-electron chi connectivity index (χ3n) is 0.344. The minimum absolute atomic E-state index is 0.228. The summed E-state index contributed by atoms with van der Waals surface area (Å²) in [4.78, 5) is 21.6. The van der Waals surface area contributed by atoms with Crippen molar-refractivity contribution < 1.29 is 19.2 Å². The third kappa shape index (κ3) is 17.7. The SMILES string of the molecule is C1=[CH][Sb]=[CH]1.O=P(O)(O)O. The number of allylic oxidation sites excluding steroid dienone is 1. The Morgan fingerprint density at radius 1 is 1.33 bits per heavy atom. The molecule has 0 atom stereocenters. The van der Waals surface area contributed by atoms with E-state index in [-0.39, 0.29) is 21.1 Å². The molecular formula is C3H6O4PSb. The van der Waals surface area contributed by atoms with Crippen LogP contribution in [0, 0.1) is 0 Å². The second kappa shape index (κ2) is 4.37. The fourth-order valence-electron chi connectivity index (χ4n) is 0.0861. The average molecular weight is 259 g/mol. The summed E-state index contributed by atoms with van der Waals surface area (Å²) in [6, 6.07) is 0. The predicted molar refractivity (Wildman–Crippen MR) is 35.2 cm³/mol. The second-order valence-corrected chi connectivity index (χ2v) is 4.73. The zero-order chi connectivity index (χ0) is 7.33. The molecule has 0 aromatic rings. The van der Waals surface area contributed by atoms with E-state index in [1.807, 2.05) is 0 Å². The molecule has 1 rings (SSSR count). The van der Waals surface area contributed by atoms with Gasteiger partial charge in [0.05, 0.1) is 0 Å². The second-order valence-electron chi connectivity index (χ2n) is 1.15.